The van der Waals surface area contributed by atoms with Gasteiger partial charge in [-0.2, -0.15) is 0 Å². The molecule has 0 aliphatic carbocycles. The second-order valence-corrected chi connectivity index (χ2v) is 5.68. The van der Waals surface area contributed by atoms with Gasteiger partial charge in [-0.3, -0.25) is 10.1 Å². The molecule has 1 N–H and O–H groups in total. The first-order chi connectivity index (χ1) is 11.4. The number of hydrogen-bond donors (Lipinski definition) is 1. The Bertz CT molecular complexity index is 728. The topological polar surface area (TPSA) is 99.3 Å². The van der Waals surface area contributed by atoms with Crippen LogP contribution >= 0.6 is 0 Å². The SMILES string of the molecule is COC(=O)c1cc([N+](=O)[O-])c(C)cc1NCC(C)Cn1ccnc1. The number of aryl methyl sites for hydroxylation is 1. The molecule has 1 atom stereocenters. The molecule has 0 aliphatic rings. The van der Waals surface area contributed by atoms with E-state index in [4.69, 9.17) is 4.74 Å². The predicted octanol–water partition coefficient (Wildman–Crippen LogP) is 2.63. The monoisotopic (exact) mass is 332 g/mol. The first-order valence-electron chi connectivity index (χ1n) is 7.49. The van der Waals surface area contributed by atoms with Crippen molar-refractivity contribution in [1.82, 2.24) is 9.55 Å². The summed E-state index contributed by atoms with van der Waals surface area (Å²) in [5.74, 6) is -0.344. The van der Waals surface area contributed by atoms with Crippen LogP contribution in [0.3, 0.4) is 0 Å². The summed E-state index contributed by atoms with van der Waals surface area (Å²) in [6.45, 7) is 5.06. The number of esters is 1. The van der Waals surface area contributed by atoms with Crippen molar-refractivity contribution < 1.29 is 14.5 Å². The van der Waals surface area contributed by atoms with Crippen molar-refractivity contribution in [2.75, 3.05) is 19.0 Å². The third kappa shape index (κ3) is 4.09. The average molecular weight is 332 g/mol. The van der Waals surface area contributed by atoms with Crippen molar-refractivity contribution in [3.63, 3.8) is 0 Å². The molecule has 8 heteroatoms. The van der Waals surface area contributed by atoms with E-state index in [0.29, 0.717) is 17.8 Å². The fourth-order valence-electron chi connectivity index (χ4n) is 2.42. The van der Waals surface area contributed by atoms with E-state index in [0.717, 1.165) is 6.54 Å². The van der Waals surface area contributed by atoms with Crippen LogP contribution in [0.15, 0.2) is 30.9 Å². The lowest BCUT2D eigenvalue weighted by Crippen LogP contribution is -2.18. The molecule has 0 saturated heterocycles. The summed E-state index contributed by atoms with van der Waals surface area (Å²) < 4.78 is 6.70. The maximum absolute atomic E-state index is 11.9. The van der Waals surface area contributed by atoms with Gasteiger partial charge in [0.1, 0.15) is 0 Å². The number of nitro benzene ring substituents is 1. The molecule has 1 heterocycles. The van der Waals surface area contributed by atoms with E-state index < -0.39 is 10.9 Å². The van der Waals surface area contributed by atoms with Gasteiger partial charge in [0.15, 0.2) is 0 Å². The van der Waals surface area contributed by atoms with E-state index in [2.05, 4.69) is 17.2 Å². The molecule has 0 spiro atoms. The first kappa shape index (κ1) is 17.5. The molecule has 128 valence electrons. The van der Waals surface area contributed by atoms with E-state index in [1.165, 1.54) is 13.2 Å². The van der Waals surface area contributed by atoms with Gasteiger partial charge in [-0.1, -0.05) is 6.92 Å². The molecule has 2 rings (SSSR count). The van der Waals surface area contributed by atoms with E-state index in [1.807, 2.05) is 10.8 Å². The van der Waals surface area contributed by atoms with Crippen LogP contribution in [0.1, 0.15) is 22.8 Å². The molecule has 24 heavy (non-hydrogen) atoms. The van der Waals surface area contributed by atoms with Gasteiger partial charge in [0.05, 0.1) is 23.9 Å². The third-order valence-electron chi connectivity index (χ3n) is 3.66. The van der Waals surface area contributed by atoms with Crippen LogP contribution in [0.5, 0.6) is 0 Å². The summed E-state index contributed by atoms with van der Waals surface area (Å²) in [6.07, 6.45) is 5.34. The Morgan fingerprint density at radius 2 is 2.25 bits per heavy atom. The lowest BCUT2D eigenvalue weighted by Gasteiger charge is -2.16. The minimum absolute atomic E-state index is 0.104. The minimum atomic E-state index is -0.608. The Kier molecular flexibility index (Phi) is 5.51. The van der Waals surface area contributed by atoms with E-state index in [1.54, 1.807) is 25.5 Å². The number of nitrogens with one attached hydrogen (secondary N) is 1. The van der Waals surface area contributed by atoms with Crippen molar-refractivity contribution >= 4 is 17.3 Å². The molecule has 0 amide bonds. The molecule has 0 aliphatic heterocycles. The highest BCUT2D eigenvalue weighted by atomic mass is 16.6. The normalized spacial score (nSPS) is 11.8. The van der Waals surface area contributed by atoms with Gasteiger partial charge in [-0.15, -0.1) is 0 Å². The largest absolute Gasteiger partial charge is 0.465 e. The zero-order valence-electron chi connectivity index (χ0n) is 13.9. The quantitative estimate of drug-likeness (QED) is 0.475. The fraction of sp³-hybridized carbons (Fsp3) is 0.375. The summed E-state index contributed by atoms with van der Waals surface area (Å²) in [5, 5.41) is 14.3. The molecule has 8 nitrogen and oxygen atoms in total. The number of nitro groups is 1. The molecular weight excluding hydrogens is 312 g/mol. The second-order valence-electron chi connectivity index (χ2n) is 5.68. The van der Waals surface area contributed by atoms with Gasteiger partial charge in [-0.25, -0.2) is 9.78 Å². The lowest BCUT2D eigenvalue weighted by atomic mass is 10.1. The number of imidazole rings is 1. The van der Waals surface area contributed by atoms with Crippen LogP contribution in [0, 0.1) is 23.0 Å². The zero-order chi connectivity index (χ0) is 17.7. The van der Waals surface area contributed by atoms with Crippen molar-refractivity contribution in [2.24, 2.45) is 5.92 Å². The predicted molar refractivity (Wildman–Crippen MR) is 89.1 cm³/mol. The number of methoxy groups -OCH3 is 1. The maximum Gasteiger partial charge on any atom is 0.340 e. The molecule has 2 aromatic rings. The molecule has 0 saturated carbocycles. The van der Waals surface area contributed by atoms with Crippen LogP contribution in [0.2, 0.25) is 0 Å². The first-order valence-corrected chi connectivity index (χ1v) is 7.49. The van der Waals surface area contributed by atoms with Gasteiger partial charge in [0, 0.05) is 42.8 Å². The van der Waals surface area contributed by atoms with Crippen molar-refractivity contribution in [3.05, 3.63) is 52.1 Å². The second kappa shape index (κ2) is 7.58. The zero-order valence-corrected chi connectivity index (χ0v) is 13.9. The van der Waals surface area contributed by atoms with Crippen LogP contribution in [-0.4, -0.2) is 34.1 Å². The number of anilines is 1. The minimum Gasteiger partial charge on any atom is -0.465 e. The van der Waals surface area contributed by atoms with E-state index in [9.17, 15) is 14.9 Å². The Morgan fingerprint density at radius 3 is 2.83 bits per heavy atom. The summed E-state index contributed by atoms with van der Waals surface area (Å²) in [5.41, 5.74) is 1.07. The number of ether oxygens (including phenoxy) is 1. The molecule has 1 aromatic carbocycles. The van der Waals surface area contributed by atoms with Gasteiger partial charge < -0.3 is 14.6 Å². The van der Waals surface area contributed by atoms with Gasteiger partial charge in [0.25, 0.3) is 5.69 Å². The molecule has 0 fully saturated rings. The number of benzene rings is 1. The fourth-order valence-corrected chi connectivity index (χ4v) is 2.42. The molecule has 1 unspecified atom stereocenters. The number of nitrogens with zero attached hydrogens (tertiary/aromatic N) is 3. The Labute approximate surface area is 139 Å². The third-order valence-corrected chi connectivity index (χ3v) is 3.66. The maximum atomic E-state index is 11.9. The number of carbonyl (C=O) groups excluding carboxylic acids is 1. The van der Waals surface area contributed by atoms with Crippen LogP contribution in [0.4, 0.5) is 11.4 Å². The summed E-state index contributed by atoms with van der Waals surface area (Å²) >= 11 is 0. The van der Waals surface area contributed by atoms with Gasteiger partial charge >= 0.3 is 5.97 Å². The lowest BCUT2D eigenvalue weighted by molar-refractivity contribution is -0.385. The van der Waals surface area contributed by atoms with Gasteiger partial charge in [-0.05, 0) is 18.9 Å². The Hall–Kier alpha value is -2.90. The van der Waals surface area contributed by atoms with Crippen molar-refractivity contribution in [2.45, 2.75) is 20.4 Å². The van der Waals surface area contributed by atoms with Crippen LogP contribution in [0.25, 0.3) is 0 Å². The van der Waals surface area contributed by atoms with E-state index in [-0.39, 0.29) is 17.2 Å². The molecule has 0 radical (unpaired) electrons. The van der Waals surface area contributed by atoms with Crippen LogP contribution < -0.4 is 5.32 Å². The Balaban J connectivity index is 2.17. The highest BCUT2D eigenvalue weighted by molar-refractivity contribution is 5.96. The molecule has 1 aromatic heterocycles. The Morgan fingerprint density at radius 1 is 1.50 bits per heavy atom. The standard InChI is InChI=1S/C16H20N4O4/c1-11(9-19-5-4-17-10-19)8-18-14-6-12(2)15(20(22)23)7-13(14)16(21)24-3/h4-7,10-11,18H,8-9H2,1-3H3. The number of rotatable bonds is 7. The van der Waals surface area contributed by atoms with Gasteiger partial charge in [0.2, 0.25) is 0 Å². The summed E-state index contributed by atoms with van der Waals surface area (Å²) in [6, 6.07) is 2.86. The van der Waals surface area contributed by atoms with Crippen LogP contribution in [-0.2, 0) is 11.3 Å². The van der Waals surface area contributed by atoms with E-state index >= 15 is 0 Å². The number of carbonyl (C=O) groups is 1. The number of hydrogen-bond acceptors (Lipinski definition) is 6. The molecular formula is C16H20N4O4. The number of aromatic nitrogens is 2. The smallest absolute Gasteiger partial charge is 0.340 e. The average Bonchev–Trinajstić information content (AvgIpc) is 3.04. The highest BCUT2D eigenvalue weighted by Crippen LogP contribution is 2.27. The summed E-state index contributed by atoms with van der Waals surface area (Å²) in [7, 11) is 1.25. The molecule has 0 bridgehead atoms. The summed E-state index contributed by atoms with van der Waals surface area (Å²) in [4.78, 5) is 26.5. The van der Waals surface area contributed by atoms with Crippen molar-refractivity contribution in [1.29, 1.82) is 0 Å². The van der Waals surface area contributed by atoms with Crippen molar-refractivity contribution in [3.8, 4) is 0 Å². The highest BCUT2D eigenvalue weighted by Gasteiger charge is 2.20.